The van der Waals surface area contributed by atoms with Crippen LogP contribution in [0.1, 0.15) is 5.56 Å². The maximum absolute atomic E-state index is 12.0. The Morgan fingerprint density at radius 3 is 2.50 bits per heavy atom. The molecule has 1 N–H and O–H groups in total. The second kappa shape index (κ2) is 6.54. The molecule has 4 nitrogen and oxygen atoms in total. The highest BCUT2D eigenvalue weighted by molar-refractivity contribution is 7.89. The summed E-state index contributed by atoms with van der Waals surface area (Å²) in [6, 6.07) is 15.9. The number of hydrogen-bond donors (Lipinski definition) is 1. The van der Waals surface area contributed by atoms with Gasteiger partial charge >= 0.3 is 0 Å². The smallest absolute Gasteiger partial charge is 0.240 e. The third-order valence-corrected chi connectivity index (χ3v) is 4.37. The molecule has 0 aliphatic heterocycles. The summed E-state index contributed by atoms with van der Waals surface area (Å²) in [6.45, 7) is 0.352. The van der Waals surface area contributed by atoms with Crippen molar-refractivity contribution in [1.29, 1.82) is 0 Å². The van der Waals surface area contributed by atoms with Crippen LogP contribution >= 0.6 is 0 Å². The molecule has 0 unspecified atom stereocenters. The van der Waals surface area contributed by atoms with Crippen molar-refractivity contribution in [3.63, 3.8) is 0 Å². The van der Waals surface area contributed by atoms with Gasteiger partial charge in [0.2, 0.25) is 10.0 Å². The molecule has 0 fully saturated rings. The van der Waals surface area contributed by atoms with E-state index in [-0.39, 0.29) is 4.90 Å². The molecule has 0 aliphatic carbocycles. The highest BCUT2D eigenvalue weighted by Gasteiger charge is 2.12. The lowest BCUT2D eigenvalue weighted by Crippen LogP contribution is -2.25. The van der Waals surface area contributed by atoms with Gasteiger partial charge in [-0.2, -0.15) is 0 Å². The molecule has 0 aliphatic rings. The zero-order chi connectivity index (χ0) is 14.4. The summed E-state index contributed by atoms with van der Waals surface area (Å²) in [5.41, 5.74) is 1.03. The van der Waals surface area contributed by atoms with Crippen LogP contribution in [-0.4, -0.2) is 22.1 Å². The van der Waals surface area contributed by atoms with Crippen LogP contribution in [-0.2, 0) is 16.4 Å². The Kier molecular flexibility index (Phi) is 4.76. The first-order valence-corrected chi connectivity index (χ1v) is 7.78. The second-order valence-corrected chi connectivity index (χ2v) is 6.08. The third kappa shape index (κ3) is 3.82. The van der Waals surface area contributed by atoms with E-state index in [1.54, 1.807) is 37.4 Å². The van der Waals surface area contributed by atoms with Gasteiger partial charge in [0, 0.05) is 6.54 Å². The predicted octanol–water partition coefficient (Wildman–Crippen LogP) is 2.22. The normalized spacial score (nSPS) is 11.2. The van der Waals surface area contributed by atoms with E-state index >= 15 is 0 Å². The van der Waals surface area contributed by atoms with Crippen LogP contribution in [0.2, 0.25) is 0 Å². The van der Waals surface area contributed by atoms with Crippen molar-refractivity contribution < 1.29 is 13.2 Å². The van der Waals surface area contributed by atoms with Gasteiger partial charge in [-0.05, 0) is 36.2 Å². The number of rotatable bonds is 6. The van der Waals surface area contributed by atoms with E-state index in [0.717, 1.165) is 11.3 Å². The van der Waals surface area contributed by atoms with Crippen LogP contribution in [0.5, 0.6) is 5.75 Å². The lowest BCUT2D eigenvalue weighted by Gasteiger charge is -2.07. The standard InChI is InChI=1S/C15H17NO3S/c1-19-14-7-5-6-13(12-14)10-11-16-20(17,18)15-8-3-2-4-9-15/h2-9,12,16H,10-11H2,1H3. The van der Waals surface area contributed by atoms with Crippen molar-refractivity contribution in [3.05, 3.63) is 60.2 Å². The van der Waals surface area contributed by atoms with Crippen molar-refractivity contribution in [1.82, 2.24) is 4.72 Å². The Morgan fingerprint density at radius 1 is 1.05 bits per heavy atom. The molecule has 0 amide bonds. The first kappa shape index (κ1) is 14.6. The van der Waals surface area contributed by atoms with E-state index in [0.29, 0.717) is 13.0 Å². The predicted molar refractivity (Wildman–Crippen MR) is 78.3 cm³/mol. The van der Waals surface area contributed by atoms with Crippen LogP contribution in [0.25, 0.3) is 0 Å². The van der Waals surface area contributed by atoms with Gasteiger partial charge in [0.05, 0.1) is 12.0 Å². The van der Waals surface area contributed by atoms with E-state index in [4.69, 9.17) is 4.74 Å². The van der Waals surface area contributed by atoms with Crippen molar-refractivity contribution in [3.8, 4) is 5.75 Å². The Morgan fingerprint density at radius 2 is 1.80 bits per heavy atom. The largest absolute Gasteiger partial charge is 0.497 e. The molecule has 0 aromatic heterocycles. The molecule has 0 atom stereocenters. The molecule has 0 saturated heterocycles. The summed E-state index contributed by atoms with van der Waals surface area (Å²) in [5.74, 6) is 0.772. The van der Waals surface area contributed by atoms with E-state index in [9.17, 15) is 8.42 Å². The lowest BCUT2D eigenvalue weighted by molar-refractivity contribution is 0.414. The monoisotopic (exact) mass is 291 g/mol. The van der Waals surface area contributed by atoms with Gasteiger partial charge in [-0.3, -0.25) is 0 Å². The average Bonchev–Trinajstić information content (AvgIpc) is 2.48. The van der Waals surface area contributed by atoms with Crippen molar-refractivity contribution >= 4 is 10.0 Å². The van der Waals surface area contributed by atoms with Crippen LogP contribution in [0, 0.1) is 0 Å². The third-order valence-electron chi connectivity index (χ3n) is 2.89. The number of sulfonamides is 1. The summed E-state index contributed by atoms with van der Waals surface area (Å²) in [6.07, 6.45) is 0.614. The van der Waals surface area contributed by atoms with Crippen LogP contribution < -0.4 is 9.46 Å². The van der Waals surface area contributed by atoms with E-state index in [1.165, 1.54) is 0 Å². The highest BCUT2D eigenvalue weighted by Crippen LogP contribution is 2.13. The Bertz CT molecular complexity index is 654. The first-order valence-electron chi connectivity index (χ1n) is 6.29. The molecular weight excluding hydrogens is 274 g/mol. The van der Waals surface area contributed by atoms with Crippen LogP contribution in [0.3, 0.4) is 0 Å². The summed E-state index contributed by atoms with van der Waals surface area (Å²) >= 11 is 0. The van der Waals surface area contributed by atoms with E-state index < -0.39 is 10.0 Å². The molecule has 2 aromatic carbocycles. The molecule has 0 spiro atoms. The van der Waals surface area contributed by atoms with E-state index in [1.807, 2.05) is 24.3 Å². The maximum Gasteiger partial charge on any atom is 0.240 e. The summed E-state index contributed by atoms with van der Waals surface area (Å²) < 4.78 is 31.7. The number of methoxy groups -OCH3 is 1. The fraction of sp³-hybridized carbons (Fsp3) is 0.200. The number of benzene rings is 2. The van der Waals surface area contributed by atoms with E-state index in [2.05, 4.69) is 4.72 Å². The van der Waals surface area contributed by atoms with Crippen molar-refractivity contribution in [2.24, 2.45) is 0 Å². The quantitative estimate of drug-likeness (QED) is 0.888. The number of hydrogen-bond acceptors (Lipinski definition) is 3. The van der Waals surface area contributed by atoms with Gasteiger partial charge < -0.3 is 4.74 Å². The second-order valence-electron chi connectivity index (χ2n) is 4.31. The fourth-order valence-corrected chi connectivity index (χ4v) is 2.89. The average molecular weight is 291 g/mol. The van der Waals surface area contributed by atoms with Gasteiger partial charge in [-0.25, -0.2) is 13.1 Å². The van der Waals surface area contributed by atoms with Gasteiger partial charge in [0.25, 0.3) is 0 Å². The Balaban J connectivity index is 1.95. The molecule has 0 saturated carbocycles. The Hall–Kier alpha value is -1.85. The highest BCUT2D eigenvalue weighted by atomic mass is 32.2. The first-order chi connectivity index (χ1) is 9.62. The Labute approximate surface area is 119 Å². The molecule has 106 valence electrons. The van der Waals surface area contributed by atoms with Crippen molar-refractivity contribution in [2.75, 3.05) is 13.7 Å². The van der Waals surface area contributed by atoms with Gasteiger partial charge in [-0.1, -0.05) is 30.3 Å². The molecular formula is C15H17NO3S. The minimum atomic E-state index is -3.43. The van der Waals surface area contributed by atoms with Crippen LogP contribution in [0.15, 0.2) is 59.5 Å². The maximum atomic E-state index is 12.0. The summed E-state index contributed by atoms with van der Waals surface area (Å²) in [4.78, 5) is 0.283. The SMILES string of the molecule is COc1cccc(CCNS(=O)(=O)c2ccccc2)c1. The summed E-state index contributed by atoms with van der Waals surface area (Å²) in [5, 5.41) is 0. The van der Waals surface area contributed by atoms with Crippen molar-refractivity contribution in [2.45, 2.75) is 11.3 Å². The molecule has 2 rings (SSSR count). The van der Waals surface area contributed by atoms with Crippen LogP contribution in [0.4, 0.5) is 0 Å². The molecule has 5 heteroatoms. The van der Waals surface area contributed by atoms with Gasteiger partial charge in [-0.15, -0.1) is 0 Å². The molecule has 20 heavy (non-hydrogen) atoms. The fourth-order valence-electron chi connectivity index (χ4n) is 1.84. The zero-order valence-electron chi connectivity index (χ0n) is 11.2. The lowest BCUT2D eigenvalue weighted by atomic mass is 10.1. The van der Waals surface area contributed by atoms with Gasteiger partial charge in [0.15, 0.2) is 0 Å². The number of nitrogens with one attached hydrogen (secondary N) is 1. The van der Waals surface area contributed by atoms with Gasteiger partial charge in [0.1, 0.15) is 5.75 Å². The molecule has 2 aromatic rings. The number of ether oxygens (including phenoxy) is 1. The topological polar surface area (TPSA) is 55.4 Å². The minimum absolute atomic E-state index is 0.283. The summed E-state index contributed by atoms with van der Waals surface area (Å²) in [7, 11) is -1.82. The zero-order valence-corrected chi connectivity index (χ0v) is 12.1. The molecule has 0 heterocycles. The minimum Gasteiger partial charge on any atom is -0.497 e. The molecule has 0 radical (unpaired) electrons. The molecule has 0 bridgehead atoms.